The van der Waals surface area contributed by atoms with Crippen molar-refractivity contribution in [1.29, 1.82) is 0 Å². The number of nitrogens with one attached hydrogen (secondary N) is 1. The van der Waals surface area contributed by atoms with Crippen LogP contribution in [0.25, 0.3) is 0 Å². The van der Waals surface area contributed by atoms with Crippen LogP contribution in [0.5, 0.6) is 0 Å². The minimum atomic E-state index is -0.483. The van der Waals surface area contributed by atoms with E-state index < -0.39 is 4.92 Å². The Labute approximate surface area is 103 Å². The molecule has 1 N–H and O–H groups in total. The molecule has 1 aromatic heterocycles. The van der Waals surface area contributed by atoms with Gasteiger partial charge in [0.25, 0.3) is 5.69 Å². The SMILES string of the molecule is Cc1ccccc1Cc1cc(=O)[nH]cc1[N+](=O)[O-]. The Morgan fingerprint density at radius 1 is 1.28 bits per heavy atom. The highest BCUT2D eigenvalue weighted by Crippen LogP contribution is 2.20. The number of nitrogens with zero attached hydrogens (tertiary/aromatic N) is 1. The van der Waals surface area contributed by atoms with Crippen molar-refractivity contribution in [3.63, 3.8) is 0 Å². The molecule has 5 nitrogen and oxygen atoms in total. The largest absolute Gasteiger partial charge is 0.323 e. The van der Waals surface area contributed by atoms with Crippen LogP contribution in [0.2, 0.25) is 0 Å². The molecule has 0 radical (unpaired) electrons. The van der Waals surface area contributed by atoms with E-state index in [2.05, 4.69) is 4.98 Å². The van der Waals surface area contributed by atoms with E-state index in [0.717, 1.165) is 17.3 Å². The smallest absolute Gasteiger partial charge is 0.289 e. The van der Waals surface area contributed by atoms with E-state index >= 15 is 0 Å². The molecule has 18 heavy (non-hydrogen) atoms. The first-order chi connectivity index (χ1) is 8.58. The molecule has 0 saturated heterocycles. The van der Waals surface area contributed by atoms with E-state index in [1.54, 1.807) is 0 Å². The summed E-state index contributed by atoms with van der Waals surface area (Å²) in [5.41, 5.74) is 2.07. The number of aromatic amines is 1. The summed E-state index contributed by atoms with van der Waals surface area (Å²) in [7, 11) is 0. The number of nitro groups is 1. The molecule has 0 spiro atoms. The molecule has 1 aromatic carbocycles. The minimum Gasteiger partial charge on any atom is -0.323 e. The fraction of sp³-hybridized carbons (Fsp3) is 0.154. The number of benzene rings is 1. The second-order valence-electron chi connectivity index (χ2n) is 4.07. The average Bonchev–Trinajstić information content (AvgIpc) is 2.32. The fourth-order valence-corrected chi connectivity index (χ4v) is 1.83. The lowest BCUT2D eigenvalue weighted by molar-refractivity contribution is -0.385. The molecule has 0 fully saturated rings. The predicted octanol–water partition coefficient (Wildman–Crippen LogP) is 2.18. The molecule has 0 saturated carbocycles. The molecule has 0 aliphatic heterocycles. The monoisotopic (exact) mass is 244 g/mol. The number of aryl methyl sites for hydroxylation is 1. The Kier molecular flexibility index (Phi) is 3.23. The minimum absolute atomic E-state index is 0.0575. The number of pyridine rings is 1. The van der Waals surface area contributed by atoms with Crippen LogP contribution in [0.15, 0.2) is 41.3 Å². The van der Waals surface area contributed by atoms with Gasteiger partial charge in [0.1, 0.15) is 0 Å². The summed E-state index contributed by atoms with van der Waals surface area (Å²) in [4.78, 5) is 24.0. The molecule has 0 aliphatic carbocycles. The summed E-state index contributed by atoms with van der Waals surface area (Å²) in [6.07, 6.45) is 1.53. The Morgan fingerprint density at radius 2 is 2.00 bits per heavy atom. The molecule has 0 aliphatic rings. The van der Waals surface area contributed by atoms with Crippen LogP contribution in [-0.4, -0.2) is 9.91 Å². The van der Waals surface area contributed by atoms with Crippen LogP contribution in [0, 0.1) is 17.0 Å². The number of H-pyrrole nitrogens is 1. The molecule has 2 rings (SSSR count). The average molecular weight is 244 g/mol. The van der Waals surface area contributed by atoms with Crippen molar-refractivity contribution in [2.45, 2.75) is 13.3 Å². The zero-order valence-electron chi connectivity index (χ0n) is 9.84. The van der Waals surface area contributed by atoms with Crippen molar-refractivity contribution < 1.29 is 4.92 Å². The standard InChI is InChI=1S/C13H12N2O3/c1-9-4-2-3-5-10(9)6-11-7-13(16)14-8-12(11)15(17)18/h2-5,7-8H,6H2,1H3,(H,14,16). The summed E-state index contributed by atoms with van der Waals surface area (Å²) >= 11 is 0. The zero-order valence-corrected chi connectivity index (χ0v) is 9.84. The van der Waals surface area contributed by atoms with E-state index in [9.17, 15) is 14.9 Å². The van der Waals surface area contributed by atoms with Gasteiger partial charge in [-0.15, -0.1) is 0 Å². The molecular formula is C13H12N2O3. The number of hydrogen-bond acceptors (Lipinski definition) is 3. The molecule has 0 bridgehead atoms. The van der Waals surface area contributed by atoms with Gasteiger partial charge in [-0.2, -0.15) is 0 Å². The van der Waals surface area contributed by atoms with Gasteiger partial charge in [0.15, 0.2) is 0 Å². The van der Waals surface area contributed by atoms with E-state index in [1.807, 2.05) is 31.2 Å². The normalized spacial score (nSPS) is 10.3. The second-order valence-corrected chi connectivity index (χ2v) is 4.07. The van der Waals surface area contributed by atoms with Crippen LogP contribution >= 0.6 is 0 Å². The van der Waals surface area contributed by atoms with Crippen LogP contribution in [0.3, 0.4) is 0 Å². The molecule has 2 aromatic rings. The molecule has 0 amide bonds. The molecule has 1 heterocycles. The second kappa shape index (κ2) is 4.83. The van der Waals surface area contributed by atoms with Gasteiger partial charge in [-0.05, 0) is 18.1 Å². The van der Waals surface area contributed by atoms with Crippen LogP contribution in [0.1, 0.15) is 16.7 Å². The summed E-state index contributed by atoms with van der Waals surface area (Å²) in [5.74, 6) is 0. The van der Waals surface area contributed by atoms with E-state index in [1.165, 1.54) is 6.07 Å². The zero-order chi connectivity index (χ0) is 13.1. The lowest BCUT2D eigenvalue weighted by Gasteiger charge is -2.05. The van der Waals surface area contributed by atoms with Gasteiger partial charge in [0.05, 0.1) is 11.1 Å². The van der Waals surface area contributed by atoms with E-state index in [0.29, 0.717) is 12.0 Å². The third kappa shape index (κ3) is 2.45. The maximum atomic E-state index is 11.3. The highest BCUT2D eigenvalue weighted by Gasteiger charge is 2.15. The Bertz CT molecular complexity index is 647. The summed E-state index contributed by atoms with van der Waals surface area (Å²) < 4.78 is 0. The Morgan fingerprint density at radius 3 is 2.67 bits per heavy atom. The number of aromatic nitrogens is 1. The third-order valence-corrected chi connectivity index (χ3v) is 2.82. The van der Waals surface area contributed by atoms with Crippen LogP contribution < -0.4 is 5.56 Å². The third-order valence-electron chi connectivity index (χ3n) is 2.82. The molecule has 0 atom stereocenters. The van der Waals surface area contributed by atoms with Crippen molar-refractivity contribution in [3.05, 3.63) is 73.7 Å². The summed E-state index contributed by atoms with van der Waals surface area (Å²) in [6.45, 7) is 1.94. The van der Waals surface area contributed by atoms with Gasteiger partial charge >= 0.3 is 0 Å². The quantitative estimate of drug-likeness (QED) is 0.664. The van der Waals surface area contributed by atoms with Crippen molar-refractivity contribution >= 4 is 5.69 Å². The topological polar surface area (TPSA) is 76.0 Å². The Hall–Kier alpha value is -2.43. The molecular weight excluding hydrogens is 232 g/mol. The van der Waals surface area contributed by atoms with E-state index in [4.69, 9.17) is 0 Å². The van der Waals surface area contributed by atoms with Crippen LogP contribution in [-0.2, 0) is 6.42 Å². The first-order valence-corrected chi connectivity index (χ1v) is 5.48. The Balaban J connectivity index is 2.46. The highest BCUT2D eigenvalue weighted by molar-refractivity contribution is 5.42. The van der Waals surface area contributed by atoms with Gasteiger partial charge in [0, 0.05) is 18.1 Å². The van der Waals surface area contributed by atoms with Crippen molar-refractivity contribution in [3.8, 4) is 0 Å². The van der Waals surface area contributed by atoms with Crippen molar-refractivity contribution in [2.75, 3.05) is 0 Å². The van der Waals surface area contributed by atoms with Gasteiger partial charge in [-0.1, -0.05) is 24.3 Å². The van der Waals surface area contributed by atoms with Crippen molar-refractivity contribution in [2.24, 2.45) is 0 Å². The van der Waals surface area contributed by atoms with Gasteiger partial charge < -0.3 is 4.98 Å². The van der Waals surface area contributed by atoms with Crippen molar-refractivity contribution in [1.82, 2.24) is 4.98 Å². The number of hydrogen-bond donors (Lipinski definition) is 1. The van der Waals surface area contributed by atoms with Gasteiger partial charge in [-0.3, -0.25) is 14.9 Å². The van der Waals surface area contributed by atoms with Gasteiger partial charge in [-0.25, -0.2) is 0 Å². The predicted molar refractivity (Wildman–Crippen MR) is 67.7 cm³/mol. The number of rotatable bonds is 3. The maximum Gasteiger partial charge on any atom is 0.289 e. The van der Waals surface area contributed by atoms with Gasteiger partial charge in [0.2, 0.25) is 5.56 Å². The summed E-state index contributed by atoms with van der Waals surface area (Å²) in [5, 5.41) is 10.9. The molecule has 0 unspecified atom stereocenters. The van der Waals surface area contributed by atoms with Crippen LogP contribution in [0.4, 0.5) is 5.69 Å². The summed E-state index contributed by atoms with van der Waals surface area (Å²) in [6, 6.07) is 8.91. The highest BCUT2D eigenvalue weighted by atomic mass is 16.6. The molecule has 5 heteroatoms. The lowest BCUT2D eigenvalue weighted by Crippen LogP contribution is -2.08. The molecule has 92 valence electrons. The van der Waals surface area contributed by atoms with E-state index in [-0.39, 0.29) is 11.2 Å². The first kappa shape index (κ1) is 12.0. The first-order valence-electron chi connectivity index (χ1n) is 5.48. The maximum absolute atomic E-state index is 11.3. The fourth-order valence-electron chi connectivity index (χ4n) is 1.83. The lowest BCUT2D eigenvalue weighted by atomic mass is 10.0.